The predicted molar refractivity (Wildman–Crippen MR) is 71.7 cm³/mol. The minimum atomic E-state index is -0.535. The van der Waals surface area contributed by atoms with Gasteiger partial charge in [0, 0.05) is 0 Å². The Balaban J connectivity index is 2.14. The highest BCUT2D eigenvalue weighted by atomic mass is 32.1. The lowest BCUT2D eigenvalue weighted by Crippen LogP contribution is -2.27. The summed E-state index contributed by atoms with van der Waals surface area (Å²) in [6.45, 7) is 5.40. The van der Waals surface area contributed by atoms with Crippen LogP contribution in [0.15, 0.2) is 12.3 Å². The number of carbonyl (C=O) groups excluding carboxylic acids is 1. The Morgan fingerprint density at radius 2 is 2.22 bits per heavy atom. The van der Waals surface area contributed by atoms with Crippen molar-refractivity contribution in [2.24, 2.45) is 0 Å². The van der Waals surface area contributed by atoms with E-state index in [4.69, 9.17) is 10.5 Å². The molecule has 0 bridgehead atoms. The maximum Gasteiger partial charge on any atom is 0.412 e. The van der Waals surface area contributed by atoms with Crippen molar-refractivity contribution in [2.45, 2.75) is 26.4 Å². The number of anilines is 2. The van der Waals surface area contributed by atoms with E-state index in [0.717, 1.165) is 4.83 Å². The summed E-state index contributed by atoms with van der Waals surface area (Å²) in [5.41, 5.74) is 6.23. The molecule has 0 fully saturated rings. The van der Waals surface area contributed by atoms with Crippen LogP contribution in [0, 0.1) is 0 Å². The Kier molecular flexibility index (Phi) is 3.08. The summed E-state index contributed by atoms with van der Waals surface area (Å²) in [6.07, 6.45) is 1.02. The zero-order valence-corrected chi connectivity index (χ0v) is 11.2. The number of hydrogen-bond donors (Lipinski definition) is 2. The Morgan fingerprint density at radius 1 is 1.50 bits per heavy atom. The first-order valence-electron chi connectivity index (χ1n) is 5.35. The predicted octanol–water partition coefficient (Wildman–Crippen LogP) is 2.62. The fourth-order valence-electron chi connectivity index (χ4n) is 1.33. The van der Waals surface area contributed by atoms with Crippen molar-refractivity contribution in [3.8, 4) is 0 Å². The third-order valence-corrected chi connectivity index (χ3v) is 2.72. The standard InChI is InChI=1S/C11H14N4O2S/c1-11(2,3)17-10(16)14-6-4-7-8(13-5-6)18-9(12)15-7/h4-5H,1-3H3,(H2,12,15)(H,14,16). The lowest BCUT2D eigenvalue weighted by atomic mass is 10.2. The minimum Gasteiger partial charge on any atom is -0.444 e. The second-order valence-corrected chi connectivity index (χ2v) is 5.74. The van der Waals surface area contributed by atoms with Gasteiger partial charge in [-0.2, -0.15) is 0 Å². The number of ether oxygens (including phenoxy) is 1. The number of amides is 1. The smallest absolute Gasteiger partial charge is 0.412 e. The molecule has 96 valence electrons. The topological polar surface area (TPSA) is 90.1 Å². The van der Waals surface area contributed by atoms with Crippen LogP contribution in [0.4, 0.5) is 15.6 Å². The van der Waals surface area contributed by atoms with Crippen molar-refractivity contribution in [3.05, 3.63) is 12.3 Å². The molecule has 0 aromatic carbocycles. The van der Waals surface area contributed by atoms with Crippen LogP contribution in [-0.2, 0) is 4.74 Å². The highest BCUT2D eigenvalue weighted by Gasteiger charge is 2.16. The van der Waals surface area contributed by atoms with Gasteiger partial charge in [0.1, 0.15) is 15.9 Å². The van der Waals surface area contributed by atoms with Gasteiger partial charge >= 0.3 is 6.09 Å². The van der Waals surface area contributed by atoms with E-state index in [2.05, 4.69) is 15.3 Å². The van der Waals surface area contributed by atoms with E-state index in [1.165, 1.54) is 11.3 Å². The maximum atomic E-state index is 11.6. The molecule has 0 atom stereocenters. The number of thiazole rings is 1. The molecule has 0 aliphatic heterocycles. The van der Waals surface area contributed by atoms with E-state index in [9.17, 15) is 4.79 Å². The van der Waals surface area contributed by atoms with Gasteiger partial charge < -0.3 is 10.5 Å². The van der Waals surface area contributed by atoms with Crippen molar-refractivity contribution in [3.63, 3.8) is 0 Å². The molecule has 7 heteroatoms. The zero-order chi connectivity index (χ0) is 13.3. The van der Waals surface area contributed by atoms with Gasteiger partial charge in [-0.1, -0.05) is 11.3 Å². The second kappa shape index (κ2) is 4.41. The molecule has 3 N–H and O–H groups in total. The average molecular weight is 266 g/mol. The molecule has 2 heterocycles. The summed E-state index contributed by atoms with van der Waals surface area (Å²) >= 11 is 1.30. The largest absolute Gasteiger partial charge is 0.444 e. The average Bonchev–Trinajstić information content (AvgIpc) is 2.53. The van der Waals surface area contributed by atoms with Crippen LogP contribution in [-0.4, -0.2) is 21.7 Å². The number of rotatable bonds is 1. The summed E-state index contributed by atoms with van der Waals surface area (Å²) in [5, 5.41) is 3.05. The normalized spacial score (nSPS) is 11.5. The third-order valence-electron chi connectivity index (χ3n) is 1.91. The van der Waals surface area contributed by atoms with E-state index in [-0.39, 0.29) is 0 Å². The van der Waals surface area contributed by atoms with Gasteiger partial charge in [0.25, 0.3) is 0 Å². The van der Waals surface area contributed by atoms with Crippen molar-refractivity contribution in [2.75, 3.05) is 11.1 Å². The molecular formula is C11H14N4O2S. The van der Waals surface area contributed by atoms with Crippen molar-refractivity contribution >= 4 is 38.6 Å². The Labute approximate surface area is 108 Å². The molecule has 0 aliphatic carbocycles. The highest BCUT2D eigenvalue weighted by Crippen LogP contribution is 2.23. The fourth-order valence-corrected chi connectivity index (χ4v) is 1.99. The summed E-state index contributed by atoms with van der Waals surface area (Å²) in [6, 6.07) is 1.71. The van der Waals surface area contributed by atoms with Crippen LogP contribution in [0.2, 0.25) is 0 Å². The molecular weight excluding hydrogens is 252 g/mol. The Bertz CT molecular complexity index is 588. The van der Waals surface area contributed by atoms with Crippen molar-refractivity contribution < 1.29 is 9.53 Å². The zero-order valence-electron chi connectivity index (χ0n) is 10.4. The van der Waals surface area contributed by atoms with Crippen LogP contribution < -0.4 is 11.1 Å². The maximum absolute atomic E-state index is 11.6. The molecule has 2 aromatic rings. The van der Waals surface area contributed by atoms with E-state index in [0.29, 0.717) is 16.3 Å². The molecule has 0 unspecified atom stereocenters. The fraction of sp³-hybridized carbons (Fsp3) is 0.364. The van der Waals surface area contributed by atoms with Gasteiger partial charge in [0.05, 0.1) is 11.9 Å². The monoisotopic (exact) mass is 266 g/mol. The van der Waals surface area contributed by atoms with Gasteiger partial charge in [-0.15, -0.1) is 0 Å². The van der Waals surface area contributed by atoms with E-state index in [1.54, 1.807) is 33.0 Å². The van der Waals surface area contributed by atoms with Gasteiger partial charge in [0.2, 0.25) is 0 Å². The van der Waals surface area contributed by atoms with Crippen LogP contribution in [0.1, 0.15) is 20.8 Å². The number of nitrogens with two attached hydrogens (primary N) is 1. The summed E-state index contributed by atoms with van der Waals surface area (Å²) < 4.78 is 5.14. The summed E-state index contributed by atoms with van der Waals surface area (Å²) in [5.74, 6) is 0. The Hall–Kier alpha value is -1.89. The number of nitrogens with one attached hydrogen (secondary N) is 1. The van der Waals surface area contributed by atoms with E-state index >= 15 is 0 Å². The third kappa shape index (κ3) is 3.07. The quantitative estimate of drug-likeness (QED) is 0.828. The number of pyridine rings is 1. The summed E-state index contributed by atoms with van der Waals surface area (Å²) in [4.78, 5) is 20.6. The summed E-state index contributed by atoms with van der Waals surface area (Å²) in [7, 11) is 0. The van der Waals surface area contributed by atoms with Crippen molar-refractivity contribution in [1.29, 1.82) is 0 Å². The van der Waals surface area contributed by atoms with Crippen LogP contribution in [0.3, 0.4) is 0 Å². The lowest BCUT2D eigenvalue weighted by Gasteiger charge is -2.19. The van der Waals surface area contributed by atoms with Crippen LogP contribution in [0.25, 0.3) is 10.3 Å². The molecule has 2 aromatic heterocycles. The number of nitrogens with zero attached hydrogens (tertiary/aromatic N) is 2. The van der Waals surface area contributed by atoms with Crippen LogP contribution in [0.5, 0.6) is 0 Å². The molecule has 0 saturated carbocycles. The molecule has 0 spiro atoms. The van der Waals surface area contributed by atoms with Gasteiger partial charge in [-0.05, 0) is 26.8 Å². The molecule has 0 radical (unpaired) electrons. The highest BCUT2D eigenvalue weighted by molar-refractivity contribution is 7.21. The minimum absolute atomic E-state index is 0.451. The molecule has 0 saturated heterocycles. The number of aromatic nitrogens is 2. The second-order valence-electron chi connectivity index (χ2n) is 4.73. The first-order valence-corrected chi connectivity index (χ1v) is 6.17. The molecule has 6 nitrogen and oxygen atoms in total. The first kappa shape index (κ1) is 12.6. The van der Waals surface area contributed by atoms with Gasteiger partial charge in [-0.25, -0.2) is 14.8 Å². The molecule has 18 heavy (non-hydrogen) atoms. The number of nitrogen functional groups attached to an aromatic ring is 1. The number of carbonyl (C=O) groups is 1. The Morgan fingerprint density at radius 3 is 2.89 bits per heavy atom. The molecule has 2 rings (SSSR count). The van der Waals surface area contributed by atoms with E-state index < -0.39 is 11.7 Å². The van der Waals surface area contributed by atoms with E-state index in [1.807, 2.05) is 0 Å². The lowest BCUT2D eigenvalue weighted by molar-refractivity contribution is 0.0636. The van der Waals surface area contributed by atoms with Gasteiger partial charge in [-0.3, -0.25) is 5.32 Å². The SMILES string of the molecule is CC(C)(C)OC(=O)Nc1cnc2sc(N)nc2c1. The molecule has 0 aliphatic rings. The van der Waals surface area contributed by atoms with Crippen LogP contribution >= 0.6 is 11.3 Å². The molecule has 1 amide bonds. The first-order chi connectivity index (χ1) is 8.33. The van der Waals surface area contributed by atoms with Gasteiger partial charge in [0.15, 0.2) is 5.13 Å². The van der Waals surface area contributed by atoms with Crippen molar-refractivity contribution in [1.82, 2.24) is 9.97 Å². The number of fused-ring (bicyclic) bond motifs is 1. The number of hydrogen-bond acceptors (Lipinski definition) is 6.